The zero-order valence-electron chi connectivity index (χ0n) is 10.1. The fraction of sp³-hybridized carbons (Fsp3) is 0.308. The summed E-state index contributed by atoms with van der Waals surface area (Å²) in [5.41, 5.74) is 2.08. The first-order valence-electron chi connectivity index (χ1n) is 5.63. The summed E-state index contributed by atoms with van der Waals surface area (Å²) < 4.78 is 5.53. The van der Waals surface area contributed by atoms with Gasteiger partial charge in [-0.15, -0.1) is 11.8 Å². The molecule has 0 saturated heterocycles. The van der Waals surface area contributed by atoms with Gasteiger partial charge in [0.2, 0.25) is 0 Å². The molecule has 1 aromatic heterocycles. The van der Waals surface area contributed by atoms with Gasteiger partial charge < -0.3 is 9.73 Å². The molecule has 2 rings (SSSR count). The number of hydrogen-bond acceptors (Lipinski definition) is 4. The molecule has 3 nitrogen and oxygen atoms in total. The molecule has 0 atom stereocenters. The van der Waals surface area contributed by atoms with E-state index in [9.17, 15) is 0 Å². The van der Waals surface area contributed by atoms with E-state index in [1.807, 2.05) is 12.1 Å². The van der Waals surface area contributed by atoms with Crippen molar-refractivity contribution in [1.29, 1.82) is 0 Å². The van der Waals surface area contributed by atoms with E-state index in [0.717, 1.165) is 30.1 Å². The lowest BCUT2D eigenvalue weighted by atomic mass is 10.1. The van der Waals surface area contributed by atoms with E-state index in [-0.39, 0.29) is 0 Å². The van der Waals surface area contributed by atoms with Crippen molar-refractivity contribution in [3.8, 4) is 11.3 Å². The molecule has 0 aliphatic carbocycles. The van der Waals surface area contributed by atoms with Gasteiger partial charge in [0, 0.05) is 17.0 Å². The van der Waals surface area contributed by atoms with Gasteiger partial charge in [0.1, 0.15) is 5.69 Å². The number of aromatic nitrogens is 1. The summed E-state index contributed by atoms with van der Waals surface area (Å²) in [4.78, 5) is 5.48. The standard InChI is InChI=1S/C13H16N2OS/c1-3-14-8-11-13(16-9-15-11)10-6-4-5-7-12(10)17-2/h4-7,9,14H,3,8H2,1-2H3. The Labute approximate surface area is 106 Å². The molecule has 90 valence electrons. The van der Waals surface area contributed by atoms with E-state index in [1.54, 1.807) is 11.8 Å². The molecule has 2 aromatic rings. The van der Waals surface area contributed by atoms with Crippen molar-refractivity contribution in [2.45, 2.75) is 18.4 Å². The van der Waals surface area contributed by atoms with Gasteiger partial charge in [-0.05, 0) is 18.9 Å². The van der Waals surface area contributed by atoms with Crippen molar-refractivity contribution in [1.82, 2.24) is 10.3 Å². The summed E-state index contributed by atoms with van der Waals surface area (Å²) >= 11 is 1.72. The Hall–Kier alpha value is -1.26. The molecule has 0 amide bonds. The Kier molecular flexibility index (Phi) is 4.23. The van der Waals surface area contributed by atoms with Crippen molar-refractivity contribution >= 4 is 11.8 Å². The predicted octanol–water partition coefficient (Wildman–Crippen LogP) is 3.17. The van der Waals surface area contributed by atoms with Crippen LogP contribution in [0.25, 0.3) is 11.3 Å². The zero-order chi connectivity index (χ0) is 12.1. The van der Waals surface area contributed by atoms with Crippen LogP contribution in [0.15, 0.2) is 40.0 Å². The van der Waals surface area contributed by atoms with Gasteiger partial charge in [-0.25, -0.2) is 4.98 Å². The first-order valence-corrected chi connectivity index (χ1v) is 6.85. The molecule has 0 unspecified atom stereocenters. The Morgan fingerprint density at radius 3 is 2.94 bits per heavy atom. The van der Waals surface area contributed by atoms with Gasteiger partial charge >= 0.3 is 0 Å². The van der Waals surface area contributed by atoms with Crippen LogP contribution >= 0.6 is 11.8 Å². The SMILES string of the molecule is CCNCc1ncoc1-c1ccccc1SC. The average molecular weight is 248 g/mol. The maximum Gasteiger partial charge on any atom is 0.181 e. The molecule has 4 heteroatoms. The molecule has 0 aliphatic heterocycles. The molecule has 0 bridgehead atoms. The van der Waals surface area contributed by atoms with E-state index in [2.05, 4.69) is 35.6 Å². The first-order chi connectivity index (χ1) is 8.36. The molecule has 1 aromatic carbocycles. The summed E-state index contributed by atoms with van der Waals surface area (Å²) in [6, 6.07) is 8.23. The molecule has 1 N–H and O–H groups in total. The normalized spacial score (nSPS) is 10.7. The minimum atomic E-state index is 0.741. The van der Waals surface area contributed by atoms with E-state index < -0.39 is 0 Å². The van der Waals surface area contributed by atoms with Crippen LogP contribution < -0.4 is 5.32 Å². The highest BCUT2D eigenvalue weighted by Gasteiger charge is 2.13. The van der Waals surface area contributed by atoms with Crippen LogP contribution in [0.2, 0.25) is 0 Å². The molecule has 0 saturated carbocycles. The van der Waals surface area contributed by atoms with Crippen molar-refractivity contribution in [3.63, 3.8) is 0 Å². The van der Waals surface area contributed by atoms with E-state index in [1.165, 1.54) is 11.3 Å². The van der Waals surface area contributed by atoms with Crippen molar-refractivity contribution in [2.75, 3.05) is 12.8 Å². The van der Waals surface area contributed by atoms with Crippen LogP contribution in [-0.4, -0.2) is 17.8 Å². The number of hydrogen-bond donors (Lipinski definition) is 1. The second-order valence-corrected chi connectivity index (χ2v) is 4.46. The second kappa shape index (κ2) is 5.89. The number of rotatable bonds is 5. The highest BCUT2D eigenvalue weighted by Crippen LogP contribution is 2.31. The molecular formula is C13H16N2OS. The molecular weight excluding hydrogens is 232 g/mol. The Balaban J connectivity index is 2.35. The van der Waals surface area contributed by atoms with Gasteiger partial charge in [0.25, 0.3) is 0 Å². The highest BCUT2D eigenvalue weighted by molar-refractivity contribution is 7.98. The minimum absolute atomic E-state index is 0.741. The largest absolute Gasteiger partial charge is 0.443 e. The van der Waals surface area contributed by atoms with Crippen LogP contribution in [-0.2, 0) is 6.54 Å². The number of oxazole rings is 1. The summed E-state index contributed by atoms with van der Waals surface area (Å²) in [7, 11) is 0. The van der Waals surface area contributed by atoms with Crippen LogP contribution in [0.3, 0.4) is 0 Å². The van der Waals surface area contributed by atoms with Crippen molar-refractivity contribution in [3.05, 3.63) is 36.4 Å². The van der Waals surface area contributed by atoms with E-state index in [4.69, 9.17) is 4.42 Å². The molecule has 0 spiro atoms. The third kappa shape index (κ3) is 2.70. The topological polar surface area (TPSA) is 38.1 Å². The van der Waals surface area contributed by atoms with Gasteiger partial charge in [0.05, 0.1) is 0 Å². The van der Waals surface area contributed by atoms with Crippen LogP contribution in [0.5, 0.6) is 0 Å². The molecule has 0 fully saturated rings. The third-order valence-corrected chi connectivity index (χ3v) is 3.33. The van der Waals surface area contributed by atoms with Gasteiger partial charge in [-0.3, -0.25) is 0 Å². The minimum Gasteiger partial charge on any atom is -0.443 e. The number of benzene rings is 1. The summed E-state index contributed by atoms with van der Waals surface area (Å²) in [6.45, 7) is 3.75. The Morgan fingerprint density at radius 1 is 1.35 bits per heavy atom. The number of nitrogens with zero attached hydrogens (tertiary/aromatic N) is 1. The lowest BCUT2D eigenvalue weighted by Crippen LogP contribution is -2.12. The highest BCUT2D eigenvalue weighted by atomic mass is 32.2. The first kappa shape index (κ1) is 12.2. The van der Waals surface area contributed by atoms with E-state index >= 15 is 0 Å². The fourth-order valence-corrected chi connectivity index (χ4v) is 2.29. The van der Waals surface area contributed by atoms with E-state index in [0.29, 0.717) is 0 Å². The monoisotopic (exact) mass is 248 g/mol. The molecule has 0 radical (unpaired) electrons. The van der Waals surface area contributed by atoms with Crippen molar-refractivity contribution in [2.24, 2.45) is 0 Å². The molecule has 17 heavy (non-hydrogen) atoms. The summed E-state index contributed by atoms with van der Waals surface area (Å²) in [5.74, 6) is 0.871. The quantitative estimate of drug-likeness (QED) is 0.825. The average Bonchev–Trinajstić information content (AvgIpc) is 2.84. The van der Waals surface area contributed by atoms with Crippen LogP contribution in [0, 0.1) is 0 Å². The van der Waals surface area contributed by atoms with Gasteiger partial charge in [0.15, 0.2) is 12.2 Å². The third-order valence-electron chi connectivity index (χ3n) is 2.54. The summed E-state index contributed by atoms with van der Waals surface area (Å²) in [6.07, 6.45) is 3.58. The maximum absolute atomic E-state index is 5.53. The smallest absolute Gasteiger partial charge is 0.181 e. The maximum atomic E-state index is 5.53. The second-order valence-electron chi connectivity index (χ2n) is 3.61. The molecule has 1 heterocycles. The predicted molar refractivity (Wildman–Crippen MR) is 71.1 cm³/mol. The lowest BCUT2D eigenvalue weighted by Gasteiger charge is -2.06. The van der Waals surface area contributed by atoms with Gasteiger partial charge in [-0.2, -0.15) is 0 Å². The summed E-state index contributed by atoms with van der Waals surface area (Å²) in [5, 5.41) is 3.27. The fourth-order valence-electron chi connectivity index (χ4n) is 1.69. The number of thioether (sulfide) groups is 1. The molecule has 0 aliphatic rings. The van der Waals surface area contributed by atoms with Crippen LogP contribution in [0.4, 0.5) is 0 Å². The number of nitrogens with one attached hydrogen (secondary N) is 1. The zero-order valence-corrected chi connectivity index (χ0v) is 10.9. The Bertz CT molecular complexity index is 482. The van der Waals surface area contributed by atoms with Gasteiger partial charge in [-0.1, -0.05) is 25.1 Å². The lowest BCUT2D eigenvalue weighted by molar-refractivity contribution is 0.568. The van der Waals surface area contributed by atoms with Crippen molar-refractivity contribution < 1.29 is 4.42 Å². The van der Waals surface area contributed by atoms with Crippen LogP contribution in [0.1, 0.15) is 12.6 Å². The Morgan fingerprint density at radius 2 is 2.18 bits per heavy atom.